The van der Waals surface area contributed by atoms with Crippen LogP contribution in [0, 0.1) is 11.8 Å². The SMILES string of the molecule is CC[C@H]1CN2CC[C@]3(C(=O)Nc4ccccc43)[C@@H]2C[C@@H]1C(=COC)C(=O)O. The van der Waals surface area contributed by atoms with Crippen LogP contribution in [0.1, 0.15) is 31.7 Å². The first-order valence-electron chi connectivity index (χ1n) is 9.64. The molecular formula is C21H26N2O4. The van der Waals surface area contributed by atoms with Gasteiger partial charge in [0.25, 0.3) is 0 Å². The molecule has 0 saturated carbocycles. The molecule has 1 aromatic rings. The molecule has 0 unspecified atom stereocenters. The number of aliphatic carboxylic acids is 1. The zero-order valence-corrected chi connectivity index (χ0v) is 15.8. The molecule has 27 heavy (non-hydrogen) atoms. The Morgan fingerprint density at radius 3 is 2.93 bits per heavy atom. The predicted molar refractivity (Wildman–Crippen MR) is 101 cm³/mol. The fraction of sp³-hybridized carbons (Fsp3) is 0.524. The number of carbonyl (C=O) groups excluding carboxylic acids is 1. The molecule has 4 atom stereocenters. The first-order valence-corrected chi connectivity index (χ1v) is 9.64. The number of nitrogens with one attached hydrogen (secondary N) is 1. The third-order valence-corrected chi connectivity index (χ3v) is 6.79. The summed E-state index contributed by atoms with van der Waals surface area (Å²) in [5.74, 6) is -0.757. The monoisotopic (exact) mass is 370 g/mol. The quantitative estimate of drug-likeness (QED) is 0.629. The van der Waals surface area contributed by atoms with E-state index < -0.39 is 11.4 Å². The number of hydrogen-bond acceptors (Lipinski definition) is 4. The lowest BCUT2D eigenvalue weighted by Gasteiger charge is -2.44. The van der Waals surface area contributed by atoms with Crippen molar-refractivity contribution in [1.29, 1.82) is 0 Å². The molecule has 6 nitrogen and oxygen atoms in total. The maximum atomic E-state index is 13.1. The van der Waals surface area contributed by atoms with Crippen molar-refractivity contribution in [3.05, 3.63) is 41.7 Å². The van der Waals surface area contributed by atoms with Crippen molar-refractivity contribution >= 4 is 17.6 Å². The van der Waals surface area contributed by atoms with Gasteiger partial charge in [-0.3, -0.25) is 9.69 Å². The van der Waals surface area contributed by atoms with Gasteiger partial charge in [-0.15, -0.1) is 0 Å². The first kappa shape index (κ1) is 18.0. The highest BCUT2D eigenvalue weighted by molar-refractivity contribution is 6.07. The minimum Gasteiger partial charge on any atom is -0.504 e. The fourth-order valence-electron chi connectivity index (χ4n) is 5.52. The lowest BCUT2D eigenvalue weighted by molar-refractivity contribution is -0.134. The molecular weight excluding hydrogens is 344 g/mol. The predicted octanol–water partition coefficient (Wildman–Crippen LogP) is 2.61. The molecule has 1 spiro atoms. The summed E-state index contributed by atoms with van der Waals surface area (Å²) in [6, 6.07) is 7.92. The summed E-state index contributed by atoms with van der Waals surface area (Å²) in [6.07, 6.45) is 3.70. The summed E-state index contributed by atoms with van der Waals surface area (Å²) in [4.78, 5) is 27.4. The van der Waals surface area contributed by atoms with E-state index in [-0.39, 0.29) is 23.8 Å². The summed E-state index contributed by atoms with van der Waals surface area (Å²) in [5, 5.41) is 12.8. The molecule has 0 aromatic heterocycles. The number of anilines is 1. The van der Waals surface area contributed by atoms with Gasteiger partial charge in [-0.25, -0.2) is 4.79 Å². The van der Waals surface area contributed by atoms with Crippen LogP contribution in [0.25, 0.3) is 0 Å². The van der Waals surface area contributed by atoms with Crippen molar-refractivity contribution in [3.8, 4) is 0 Å². The minimum absolute atomic E-state index is 0.00792. The van der Waals surface area contributed by atoms with Gasteiger partial charge in [-0.05, 0) is 42.9 Å². The number of rotatable bonds is 4. The Labute approximate surface area is 159 Å². The van der Waals surface area contributed by atoms with Gasteiger partial charge in [-0.2, -0.15) is 0 Å². The molecule has 3 aliphatic heterocycles. The molecule has 2 fully saturated rings. The second kappa shape index (κ2) is 6.68. The Balaban J connectivity index is 1.75. The van der Waals surface area contributed by atoms with Crippen molar-refractivity contribution in [3.63, 3.8) is 0 Å². The third kappa shape index (κ3) is 2.57. The van der Waals surface area contributed by atoms with E-state index >= 15 is 0 Å². The van der Waals surface area contributed by atoms with Crippen molar-refractivity contribution in [2.24, 2.45) is 11.8 Å². The zero-order valence-electron chi connectivity index (χ0n) is 15.8. The number of amides is 1. The van der Waals surface area contributed by atoms with E-state index in [4.69, 9.17) is 4.74 Å². The van der Waals surface area contributed by atoms with E-state index in [2.05, 4.69) is 17.1 Å². The number of para-hydroxylation sites is 1. The van der Waals surface area contributed by atoms with Gasteiger partial charge in [0.1, 0.15) is 0 Å². The van der Waals surface area contributed by atoms with Crippen LogP contribution < -0.4 is 5.32 Å². The zero-order chi connectivity index (χ0) is 19.2. The number of fused-ring (bicyclic) bond motifs is 4. The van der Waals surface area contributed by atoms with Gasteiger partial charge in [-0.1, -0.05) is 31.5 Å². The van der Waals surface area contributed by atoms with Gasteiger partial charge < -0.3 is 15.2 Å². The van der Waals surface area contributed by atoms with E-state index in [1.807, 2.05) is 24.3 Å². The lowest BCUT2D eigenvalue weighted by atomic mass is 9.67. The molecule has 1 aromatic carbocycles. The Hall–Kier alpha value is -2.34. The maximum Gasteiger partial charge on any atom is 0.334 e. The van der Waals surface area contributed by atoms with Crippen LogP contribution in [-0.2, 0) is 19.7 Å². The van der Waals surface area contributed by atoms with Crippen LogP contribution in [0.3, 0.4) is 0 Å². The Morgan fingerprint density at radius 1 is 1.44 bits per heavy atom. The van der Waals surface area contributed by atoms with Crippen LogP contribution in [-0.4, -0.2) is 48.1 Å². The minimum atomic E-state index is -0.933. The standard InChI is InChI=1S/C21H26N2O4/c1-3-13-11-23-9-8-21(16-6-4-5-7-17(16)22-20(21)26)18(23)10-14(13)15(12-27-2)19(24)25/h4-7,12-14,18H,3,8-11H2,1-2H3,(H,22,26)(H,24,25)/t13-,14-,18-,21+/m0/s1. The number of carboxylic acid groups (broad SMARTS) is 1. The van der Waals surface area contributed by atoms with E-state index in [1.54, 1.807) is 0 Å². The topological polar surface area (TPSA) is 78.9 Å². The van der Waals surface area contributed by atoms with E-state index in [0.29, 0.717) is 12.0 Å². The van der Waals surface area contributed by atoms with Crippen molar-refractivity contribution in [2.45, 2.75) is 37.6 Å². The number of nitrogens with zero attached hydrogens (tertiary/aromatic N) is 1. The lowest BCUT2D eigenvalue weighted by Crippen LogP contribution is -2.53. The van der Waals surface area contributed by atoms with E-state index in [0.717, 1.165) is 37.2 Å². The molecule has 0 aliphatic carbocycles. The number of carboxylic acids is 1. The summed E-state index contributed by atoms with van der Waals surface area (Å²) in [5.41, 5.74) is 1.69. The molecule has 3 aliphatic rings. The summed E-state index contributed by atoms with van der Waals surface area (Å²) in [7, 11) is 1.48. The average Bonchev–Trinajstić information content (AvgIpc) is 3.18. The fourth-order valence-corrected chi connectivity index (χ4v) is 5.52. The molecule has 2 saturated heterocycles. The highest BCUT2D eigenvalue weighted by Crippen LogP contribution is 2.53. The highest BCUT2D eigenvalue weighted by Gasteiger charge is 2.60. The largest absolute Gasteiger partial charge is 0.504 e. The number of piperidine rings is 1. The molecule has 6 heteroatoms. The number of methoxy groups -OCH3 is 1. The third-order valence-electron chi connectivity index (χ3n) is 6.79. The molecule has 4 rings (SSSR count). The maximum absolute atomic E-state index is 13.1. The smallest absolute Gasteiger partial charge is 0.334 e. The van der Waals surface area contributed by atoms with Crippen LogP contribution >= 0.6 is 0 Å². The average molecular weight is 370 g/mol. The van der Waals surface area contributed by atoms with E-state index in [9.17, 15) is 14.7 Å². The first-order chi connectivity index (χ1) is 13.0. The van der Waals surface area contributed by atoms with Gasteiger partial charge >= 0.3 is 5.97 Å². The number of ether oxygens (including phenoxy) is 1. The number of benzene rings is 1. The Bertz CT molecular complexity index is 805. The Morgan fingerprint density at radius 2 is 2.22 bits per heavy atom. The summed E-state index contributed by atoms with van der Waals surface area (Å²) < 4.78 is 5.08. The van der Waals surface area contributed by atoms with Crippen LogP contribution in [0.4, 0.5) is 5.69 Å². The second-order valence-corrected chi connectivity index (χ2v) is 7.86. The molecule has 1 amide bonds. The van der Waals surface area contributed by atoms with Crippen LogP contribution in [0.15, 0.2) is 36.1 Å². The Kier molecular flexibility index (Phi) is 4.46. The van der Waals surface area contributed by atoms with Gasteiger partial charge in [0.2, 0.25) is 5.91 Å². The number of hydrogen-bond donors (Lipinski definition) is 2. The van der Waals surface area contributed by atoms with Crippen molar-refractivity contribution in [2.75, 3.05) is 25.5 Å². The second-order valence-electron chi connectivity index (χ2n) is 7.86. The van der Waals surface area contributed by atoms with Gasteiger partial charge in [0.05, 0.1) is 24.4 Å². The molecule has 0 radical (unpaired) electrons. The van der Waals surface area contributed by atoms with E-state index in [1.165, 1.54) is 13.4 Å². The normalized spacial score (nSPS) is 32.9. The van der Waals surface area contributed by atoms with Crippen molar-refractivity contribution < 1.29 is 19.4 Å². The highest BCUT2D eigenvalue weighted by atomic mass is 16.5. The summed E-state index contributed by atoms with van der Waals surface area (Å²) in [6.45, 7) is 3.79. The van der Waals surface area contributed by atoms with Gasteiger partial charge in [0.15, 0.2) is 0 Å². The van der Waals surface area contributed by atoms with Crippen LogP contribution in [0.2, 0.25) is 0 Å². The molecule has 144 valence electrons. The molecule has 0 bridgehead atoms. The van der Waals surface area contributed by atoms with Crippen molar-refractivity contribution in [1.82, 2.24) is 4.90 Å². The summed E-state index contributed by atoms with van der Waals surface area (Å²) >= 11 is 0. The molecule has 3 heterocycles. The number of carbonyl (C=O) groups is 2. The molecule has 2 N–H and O–H groups in total. The van der Waals surface area contributed by atoms with Crippen LogP contribution in [0.5, 0.6) is 0 Å². The van der Waals surface area contributed by atoms with Gasteiger partial charge in [0, 0.05) is 18.3 Å².